The van der Waals surface area contributed by atoms with Gasteiger partial charge in [-0.05, 0) is 49.3 Å². The third-order valence-corrected chi connectivity index (χ3v) is 6.92. The van der Waals surface area contributed by atoms with Crippen LogP contribution < -0.4 is 4.72 Å². The van der Waals surface area contributed by atoms with E-state index in [1.54, 1.807) is 11.8 Å². The number of sulfonamides is 1. The van der Waals surface area contributed by atoms with Gasteiger partial charge in [0, 0.05) is 31.8 Å². The van der Waals surface area contributed by atoms with Gasteiger partial charge in [0.25, 0.3) is 11.6 Å². The van der Waals surface area contributed by atoms with Crippen LogP contribution in [0.25, 0.3) is 0 Å². The number of rotatable bonds is 6. The summed E-state index contributed by atoms with van der Waals surface area (Å²) in [5.41, 5.74) is 0.454. The number of nitro benzene ring substituents is 1. The Labute approximate surface area is 165 Å². The van der Waals surface area contributed by atoms with Crippen LogP contribution in [0.5, 0.6) is 0 Å². The molecule has 1 aromatic carbocycles. The fourth-order valence-electron chi connectivity index (χ4n) is 2.97. The summed E-state index contributed by atoms with van der Waals surface area (Å²) in [6, 6.07) is 4.75. The highest BCUT2D eigenvalue weighted by Gasteiger charge is 2.27. The zero-order chi connectivity index (χ0) is 20.3. The molecule has 0 saturated carbocycles. The Bertz CT molecular complexity index is 966. The van der Waals surface area contributed by atoms with Gasteiger partial charge in [-0.25, -0.2) is 13.1 Å². The number of non-ortho nitro benzene ring substituents is 1. The fraction of sp³-hybridized carbons (Fsp3) is 0.438. The van der Waals surface area contributed by atoms with Crippen LogP contribution in [0.3, 0.4) is 0 Å². The second kappa shape index (κ2) is 8.29. The van der Waals surface area contributed by atoms with Crippen molar-refractivity contribution in [2.45, 2.75) is 24.7 Å². The molecular formula is C16H19N5O5S2. The molecule has 150 valence electrons. The van der Waals surface area contributed by atoms with Crippen molar-refractivity contribution in [3.63, 3.8) is 0 Å². The number of hydrogen-bond acceptors (Lipinski definition) is 8. The lowest BCUT2D eigenvalue weighted by Gasteiger charge is -2.31. The van der Waals surface area contributed by atoms with E-state index in [1.807, 2.05) is 0 Å². The van der Waals surface area contributed by atoms with E-state index in [-0.39, 0.29) is 29.0 Å². The Morgan fingerprint density at radius 1 is 1.32 bits per heavy atom. The average Bonchev–Trinajstić information content (AvgIpc) is 3.12. The van der Waals surface area contributed by atoms with Crippen LogP contribution in [0.2, 0.25) is 0 Å². The number of hydrogen-bond donors (Lipinski definition) is 1. The molecular weight excluding hydrogens is 406 g/mol. The zero-order valence-electron chi connectivity index (χ0n) is 15.1. The van der Waals surface area contributed by atoms with Gasteiger partial charge in [-0.3, -0.25) is 14.9 Å². The summed E-state index contributed by atoms with van der Waals surface area (Å²) in [5.74, 6) is 0.0231. The molecule has 0 atom stereocenters. The fourth-order valence-corrected chi connectivity index (χ4v) is 4.71. The molecule has 0 spiro atoms. The highest BCUT2D eigenvalue weighted by atomic mass is 32.2. The third kappa shape index (κ3) is 4.51. The SMILES string of the molecule is Cc1nnsc1C(=O)N1CCC(CNS(=O)(=O)c2ccc([N+](=O)[O-])cc2)CC1. The van der Waals surface area contributed by atoms with Crippen LogP contribution in [0, 0.1) is 23.0 Å². The molecule has 3 rings (SSSR count). The number of likely N-dealkylation sites (tertiary alicyclic amines) is 1. The van der Waals surface area contributed by atoms with Crippen molar-refractivity contribution in [2.75, 3.05) is 19.6 Å². The van der Waals surface area contributed by atoms with Crippen LogP contribution in [-0.4, -0.2) is 53.4 Å². The van der Waals surface area contributed by atoms with Gasteiger partial charge in [-0.2, -0.15) is 0 Å². The first kappa shape index (κ1) is 20.3. The first-order chi connectivity index (χ1) is 13.3. The summed E-state index contributed by atoms with van der Waals surface area (Å²) >= 11 is 1.08. The summed E-state index contributed by atoms with van der Waals surface area (Å²) in [6.45, 7) is 3.08. The monoisotopic (exact) mass is 425 g/mol. The minimum Gasteiger partial charge on any atom is -0.338 e. The first-order valence-corrected chi connectivity index (χ1v) is 10.9. The Kier molecular flexibility index (Phi) is 6.01. The van der Waals surface area contributed by atoms with Crippen LogP contribution in [-0.2, 0) is 10.0 Å². The van der Waals surface area contributed by atoms with Crippen molar-refractivity contribution in [3.05, 3.63) is 45.0 Å². The van der Waals surface area contributed by atoms with E-state index in [9.17, 15) is 23.3 Å². The molecule has 1 amide bonds. The molecule has 0 bridgehead atoms. The molecule has 12 heteroatoms. The molecule has 2 heterocycles. The second-order valence-electron chi connectivity index (χ2n) is 6.53. The van der Waals surface area contributed by atoms with Crippen molar-refractivity contribution < 1.29 is 18.1 Å². The number of carbonyl (C=O) groups excluding carboxylic acids is 1. The summed E-state index contributed by atoms with van der Waals surface area (Å²) in [5, 5.41) is 14.5. The van der Waals surface area contributed by atoms with Gasteiger partial charge in [0.2, 0.25) is 10.0 Å². The Balaban J connectivity index is 1.52. The Morgan fingerprint density at radius 3 is 2.50 bits per heavy atom. The van der Waals surface area contributed by atoms with Crippen LogP contribution in [0.4, 0.5) is 5.69 Å². The Hall–Kier alpha value is -2.44. The maximum atomic E-state index is 12.5. The molecule has 1 aliphatic rings. The Morgan fingerprint density at radius 2 is 1.96 bits per heavy atom. The maximum Gasteiger partial charge on any atom is 0.269 e. The number of carbonyl (C=O) groups is 1. The van der Waals surface area contributed by atoms with E-state index in [2.05, 4.69) is 14.3 Å². The summed E-state index contributed by atoms with van der Waals surface area (Å²) in [6.07, 6.45) is 1.36. The zero-order valence-corrected chi connectivity index (χ0v) is 16.7. The van der Waals surface area contributed by atoms with Crippen molar-refractivity contribution in [2.24, 2.45) is 5.92 Å². The molecule has 0 radical (unpaired) electrons. The number of aromatic nitrogens is 2. The van der Waals surface area contributed by atoms with Crippen LogP contribution in [0.1, 0.15) is 28.2 Å². The predicted molar refractivity (Wildman–Crippen MR) is 102 cm³/mol. The number of amides is 1. The number of nitrogens with zero attached hydrogens (tertiary/aromatic N) is 4. The molecule has 2 aromatic rings. The minimum absolute atomic E-state index is 0.0149. The quantitative estimate of drug-likeness (QED) is 0.548. The summed E-state index contributed by atoms with van der Waals surface area (Å²) in [7, 11) is -3.74. The van der Waals surface area contributed by atoms with Gasteiger partial charge in [-0.15, -0.1) is 5.10 Å². The minimum atomic E-state index is -3.74. The second-order valence-corrected chi connectivity index (χ2v) is 9.05. The highest BCUT2D eigenvalue weighted by molar-refractivity contribution is 7.89. The lowest BCUT2D eigenvalue weighted by atomic mass is 9.97. The summed E-state index contributed by atoms with van der Waals surface area (Å²) < 4.78 is 31.1. The number of aryl methyl sites for hydroxylation is 1. The molecule has 0 unspecified atom stereocenters. The van der Waals surface area contributed by atoms with E-state index >= 15 is 0 Å². The molecule has 0 aliphatic carbocycles. The standard InChI is InChI=1S/C16H19N5O5S2/c1-11-15(27-19-18-11)16(22)20-8-6-12(7-9-20)10-17-28(25,26)14-4-2-13(3-5-14)21(23)24/h2-5,12,17H,6-10H2,1H3. The molecule has 1 fully saturated rings. The van der Waals surface area contributed by atoms with Gasteiger partial charge >= 0.3 is 0 Å². The molecule has 1 N–H and O–H groups in total. The molecule has 10 nitrogen and oxygen atoms in total. The largest absolute Gasteiger partial charge is 0.338 e. The van der Waals surface area contributed by atoms with Gasteiger partial charge in [0.15, 0.2) is 0 Å². The molecule has 1 aliphatic heterocycles. The molecule has 28 heavy (non-hydrogen) atoms. The lowest BCUT2D eigenvalue weighted by Crippen LogP contribution is -2.41. The van der Waals surface area contributed by atoms with Crippen molar-refractivity contribution in [1.82, 2.24) is 19.2 Å². The summed E-state index contributed by atoms with van der Waals surface area (Å²) in [4.78, 5) is 24.8. The van der Waals surface area contributed by atoms with Gasteiger partial charge < -0.3 is 4.90 Å². The van der Waals surface area contributed by atoms with Crippen molar-refractivity contribution in [1.29, 1.82) is 0 Å². The number of piperidine rings is 1. The van der Waals surface area contributed by atoms with E-state index in [4.69, 9.17) is 0 Å². The van der Waals surface area contributed by atoms with Gasteiger partial charge in [0.1, 0.15) is 4.88 Å². The van der Waals surface area contributed by atoms with Crippen LogP contribution in [0.15, 0.2) is 29.2 Å². The third-order valence-electron chi connectivity index (χ3n) is 4.67. The highest BCUT2D eigenvalue weighted by Crippen LogP contribution is 2.22. The van der Waals surface area contributed by atoms with Crippen molar-refractivity contribution in [3.8, 4) is 0 Å². The number of nitro groups is 1. The van der Waals surface area contributed by atoms with E-state index in [0.717, 1.165) is 23.7 Å². The number of nitrogens with one attached hydrogen (secondary N) is 1. The van der Waals surface area contributed by atoms with E-state index < -0.39 is 14.9 Å². The molecule has 1 aromatic heterocycles. The van der Waals surface area contributed by atoms with E-state index in [1.165, 1.54) is 12.1 Å². The number of benzene rings is 1. The lowest BCUT2D eigenvalue weighted by molar-refractivity contribution is -0.384. The van der Waals surface area contributed by atoms with Gasteiger partial charge in [-0.1, -0.05) is 4.49 Å². The van der Waals surface area contributed by atoms with Gasteiger partial charge in [0.05, 0.1) is 15.5 Å². The van der Waals surface area contributed by atoms with Crippen molar-refractivity contribution >= 4 is 33.2 Å². The normalized spacial score (nSPS) is 15.5. The maximum absolute atomic E-state index is 12.5. The topological polar surface area (TPSA) is 135 Å². The van der Waals surface area contributed by atoms with Crippen LogP contribution >= 0.6 is 11.5 Å². The molecule has 1 saturated heterocycles. The first-order valence-electron chi connectivity index (χ1n) is 8.60. The smallest absolute Gasteiger partial charge is 0.269 e. The predicted octanol–water partition coefficient (Wildman–Crippen LogP) is 1.59. The van der Waals surface area contributed by atoms with E-state index in [0.29, 0.717) is 36.5 Å². The average molecular weight is 425 g/mol.